The molecule has 0 saturated carbocycles. The molecule has 2 aromatic rings. The molecule has 0 fully saturated rings. The van der Waals surface area contributed by atoms with Crippen LogP contribution < -0.4 is 5.32 Å². The van der Waals surface area contributed by atoms with Crippen LogP contribution in [0.3, 0.4) is 0 Å². The second-order valence-corrected chi connectivity index (χ2v) is 5.22. The number of benzene rings is 2. The fraction of sp³-hybridized carbons (Fsp3) is 0. The maximum atomic E-state index is 11.0. The number of carboxylic acid groups (broad SMARTS) is 1. The van der Waals surface area contributed by atoms with Gasteiger partial charge in [0.05, 0.1) is 25.7 Å². The molecule has 0 saturated heterocycles. The largest absolute Gasteiger partial charge is 0.478 e. The first-order valence-electron chi connectivity index (χ1n) is 5.63. The van der Waals surface area contributed by atoms with Crippen LogP contribution in [0.5, 0.6) is 0 Å². The highest BCUT2D eigenvalue weighted by Crippen LogP contribution is 2.35. The van der Waals surface area contributed by atoms with Crippen molar-refractivity contribution in [1.82, 2.24) is 0 Å². The van der Waals surface area contributed by atoms with E-state index in [1.807, 2.05) is 0 Å². The van der Waals surface area contributed by atoms with Crippen molar-refractivity contribution >= 4 is 50.6 Å². The topological polar surface area (TPSA) is 92.5 Å². The van der Waals surface area contributed by atoms with Gasteiger partial charge in [0.2, 0.25) is 0 Å². The predicted molar refractivity (Wildman–Crippen MR) is 82.5 cm³/mol. The van der Waals surface area contributed by atoms with Crippen LogP contribution in [0.25, 0.3) is 0 Å². The maximum Gasteiger partial charge on any atom is 0.335 e. The molecular weight excluding hydrogens is 364 g/mol. The van der Waals surface area contributed by atoms with Crippen molar-refractivity contribution in [2.75, 3.05) is 5.32 Å². The Bertz CT molecular complexity index is 736. The summed E-state index contributed by atoms with van der Waals surface area (Å²) >= 11 is 9.22. The van der Waals surface area contributed by atoms with Crippen molar-refractivity contribution in [2.24, 2.45) is 0 Å². The van der Waals surface area contributed by atoms with E-state index in [-0.39, 0.29) is 16.9 Å². The molecule has 0 unspecified atom stereocenters. The third-order valence-electron chi connectivity index (χ3n) is 2.66. The SMILES string of the molecule is O=C(O)c1ccc([N+](=O)[O-])c(Nc2cccc(Cl)c2Br)c1. The van der Waals surface area contributed by atoms with Crippen LogP contribution in [-0.4, -0.2) is 16.0 Å². The number of halogens is 2. The summed E-state index contributed by atoms with van der Waals surface area (Å²) in [4.78, 5) is 21.4. The summed E-state index contributed by atoms with van der Waals surface area (Å²) in [6.45, 7) is 0. The third-order valence-corrected chi connectivity index (χ3v) is 4.06. The van der Waals surface area contributed by atoms with Crippen LogP contribution >= 0.6 is 27.5 Å². The van der Waals surface area contributed by atoms with E-state index in [9.17, 15) is 14.9 Å². The molecule has 108 valence electrons. The summed E-state index contributed by atoms with van der Waals surface area (Å²) in [5.74, 6) is -1.17. The van der Waals surface area contributed by atoms with Crippen LogP contribution in [0.1, 0.15) is 10.4 Å². The lowest BCUT2D eigenvalue weighted by Gasteiger charge is -2.10. The van der Waals surface area contributed by atoms with Crippen LogP contribution in [-0.2, 0) is 0 Å². The highest BCUT2D eigenvalue weighted by atomic mass is 79.9. The molecule has 0 amide bonds. The first kappa shape index (κ1) is 15.3. The Morgan fingerprint density at radius 1 is 1.29 bits per heavy atom. The summed E-state index contributed by atoms with van der Waals surface area (Å²) in [6, 6.07) is 8.51. The number of nitrogens with one attached hydrogen (secondary N) is 1. The Kier molecular flexibility index (Phi) is 4.44. The zero-order chi connectivity index (χ0) is 15.6. The molecule has 0 aliphatic rings. The lowest BCUT2D eigenvalue weighted by atomic mass is 10.1. The Labute approximate surface area is 132 Å². The number of aromatic carboxylic acids is 1. The molecule has 2 aromatic carbocycles. The summed E-state index contributed by atoms with van der Waals surface area (Å²) in [6.07, 6.45) is 0. The second kappa shape index (κ2) is 6.11. The lowest BCUT2D eigenvalue weighted by molar-refractivity contribution is -0.383. The van der Waals surface area contributed by atoms with E-state index in [0.29, 0.717) is 15.2 Å². The van der Waals surface area contributed by atoms with Gasteiger partial charge in [-0.1, -0.05) is 17.7 Å². The summed E-state index contributed by atoms with van der Waals surface area (Å²) < 4.78 is 0.529. The van der Waals surface area contributed by atoms with Gasteiger partial charge >= 0.3 is 5.97 Å². The molecular formula is C13H8BrClN2O4. The Morgan fingerprint density at radius 3 is 2.62 bits per heavy atom. The molecule has 2 rings (SSSR count). The number of nitro groups is 1. The normalized spacial score (nSPS) is 10.2. The fourth-order valence-corrected chi connectivity index (χ4v) is 2.21. The van der Waals surface area contributed by atoms with Gasteiger partial charge in [0, 0.05) is 6.07 Å². The number of nitro benzene ring substituents is 1. The zero-order valence-electron chi connectivity index (χ0n) is 10.3. The molecule has 0 spiro atoms. The van der Waals surface area contributed by atoms with Gasteiger partial charge in [0.25, 0.3) is 5.69 Å². The minimum absolute atomic E-state index is 0.0544. The van der Waals surface area contributed by atoms with Crippen molar-refractivity contribution in [1.29, 1.82) is 0 Å². The molecule has 0 aliphatic heterocycles. The number of rotatable bonds is 4. The highest BCUT2D eigenvalue weighted by Gasteiger charge is 2.17. The molecule has 0 atom stereocenters. The number of anilines is 2. The van der Waals surface area contributed by atoms with Gasteiger partial charge in [0.15, 0.2) is 0 Å². The maximum absolute atomic E-state index is 11.0. The van der Waals surface area contributed by atoms with E-state index in [4.69, 9.17) is 16.7 Å². The van der Waals surface area contributed by atoms with Gasteiger partial charge in [-0.2, -0.15) is 0 Å². The van der Waals surface area contributed by atoms with Gasteiger partial charge in [0.1, 0.15) is 5.69 Å². The number of nitrogens with zero attached hydrogens (tertiary/aromatic N) is 1. The molecule has 0 aromatic heterocycles. The Hall–Kier alpha value is -2.12. The van der Waals surface area contributed by atoms with Crippen LogP contribution in [0.2, 0.25) is 5.02 Å². The molecule has 0 heterocycles. The Morgan fingerprint density at radius 2 is 2.00 bits per heavy atom. The standard InChI is InChI=1S/C13H8BrClN2O4/c14-12-8(15)2-1-3-9(12)16-10-6-7(13(18)19)4-5-11(10)17(20)21/h1-6,16H,(H,18,19). The average Bonchev–Trinajstić information content (AvgIpc) is 2.43. The van der Waals surface area contributed by atoms with Crippen LogP contribution in [0, 0.1) is 10.1 Å². The monoisotopic (exact) mass is 370 g/mol. The molecule has 6 nitrogen and oxygen atoms in total. The first-order chi connectivity index (χ1) is 9.90. The smallest absolute Gasteiger partial charge is 0.335 e. The van der Waals surface area contributed by atoms with Gasteiger partial charge in [-0.15, -0.1) is 0 Å². The summed E-state index contributed by atoms with van der Waals surface area (Å²) in [7, 11) is 0. The third kappa shape index (κ3) is 3.32. The van der Waals surface area contributed by atoms with Crippen molar-refractivity contribution in [3.05, 3.63) is 61.6 Å². The molecule has 8 heteroatoms. The number of hydrogen-bond acceptors (Lipinski definition) is 4. The van der Waals surface area contributed by atoms with Gasteiger partial charge in [-0.25, -0.2) is 4.79 Å². The van der Waals surface area contributed by atoms with E-state index in [1.165, 1.54) is 12.1 Å². The van der Waals surface area contributed by atoms with Gasteiger partial charge < -0.3 is 10.4 Å². The van der Waals surface area contributed by atoms with Gasteiger partial charge in [-0.05, 0) is 40.2 Å². The van der Waals surface area contributed by atoms with Crippen molar-refractivity contribution in [2.45, 2.75) is 0 Å². The van der Waals surface area contributed by atoms with Crippen molar-refractivity contribution in [3.63, 3.8) is 0 Å². The van der Waals surface area contributed by atoms with E-state index in [2.05, 4.69) is 21.2 Å². The van der Waals surface area contributed by atoms with Crippen LogP contribution in [0.15, 0.2) is 40.9 Å². The van der Waals surface area contributed by atoms with Crippen LogP contribution in [0.4, 0.5) is 17.1 Å². The highest BCUT2D eigenvalue weighted by molar-refractivity contribution is 9.10. The predicted octanol–water partition coefficient (Wildman–Crippen LogP) is 4.45. The lowest BCUT2D eigenvalue weighted by Crippen LogP contribution is -2.02. The van der Waals surface area contributed by atoms with Crippen molar-refractivity contribution < 1.29 is 14.8 Å². The second-order valence-electron chi connectivity index (χ2n) is 4.02. The molecule has 2 N–H and O–H groups in total. The van der Waals surface area contributed by atoms with Gasteiger partial charge in [-0.3, -0.25) is 10.1 Å². The van der Waals surface area contributed by atoms with E-state index in [0.717, 1.165) is 6.07 Å². The molecule has 21 heavy (non-hydrogen) atoms. The Balaban J connectivity index is 2.51. The quantitative estimate of drug-likeness (QED) is 0.612. The molecule has 0 radical (unpaired) electrons. The van der Waals surface area contributed by atoms with E-state index in [1.54, 1.807) is 18.2 Å². The van der Waals surface area contributed by atoms with E-state index >= 15 is 0 Å². The van der Waals surface area contributed by atoms with E-state index < -0.39 is 10.9 Å². The first-order valence-corrected chi connectivity index (χ1v) is 6.80. The summed E-state index contributed by atoms with van der Waals surface area (Å²) in [5.41, 5.74) is 0.282. The molecule has 0 bridgehead atoms. The molecule has 0 aliphatic carbocycles. The number of hydrogen-bond donors (Lipinski definition) is 2. The number of carboxylic acids is 1. The zero-order valence-corrected chi connectivity index (χ0v) is 12.7. The summed E-state index contributed by atoms with van der Waals surface area (Å²) in [5, 5.41) is 23.3. The average molecular weight is 372 g/mol. The van der Waals surface area contributed by atoms with Crippen molar-refractivity contribution in [3.8, 4) is 0 Å². The number of carbonyl (C=O) groups is 1. The minimum atomic E-state index is -1.17. The minimum Gasteiger partial charge on any atom is -0.478 e. The fourth-order valence-electron chi connectivity index (χ4n) is 1.67.